The highest BCUT2D eigenvalue weighted by atomic mass is 79.9. The van der Waals surface area contributed by atoms with Gasteiger partial charge in [0, 0.05) is 10.4 Å². The lowest BCUT2D eigenvalue weighted by atomic mass is 10.1. The maximum Gasteiger partial charge on any atom is 0.123 e. The summed E-state index contributed by atoms with van der Waals surface area (Å²) >= 11 is 3.66. The molecular formula is C12H17BrO. The van der Waals surface area contributed by atoms with Gasteiger partial charge in [-0.2, -0.15) is 0 Å². The first-order valence-corrected chi connectivity index (χ1v) is 5.98. The highest BCUT2D eigenvalue weighted by molar-refractivity contribution is 9.09. The van der Waals surface area contributed by atoms with Crippen molar-refractivity contribution in [1.29, 1.82) is 0 Å². The molecule has 0 bridgehead atoms. The smallest absolute Gasteiger partial charge is 0.123 e. The van der Waals surface area contributed by atoms with E-state index in [2.05, 4.69) is 48.0 Å². The number of benzene rings is 1. The number of aryl methyl sites for hydroxylation is 1. The fraction of sp³-hybridized carbons (Fsp3) is 0.500. The van der Waals surface area contributed by atoms with Crippen LogP contribution in [0.3, 0.4) is 0 Å². The van der Waals surface area contributed by atoms with E-state index in [9.17, 15) is 0 Å². The zero-order valence-corrected chi connectivity index (χ0v) is 10.6. The first-order chi connectivity index (χ1) is 6.69. The molecule has 0 aliphatic heterocycles. The number of hydrogen-bond donors (Lipinski definition) is 0. The van der Waals surface area contributed by atoms with Gasteiger partial charge in [-0.3, -0.25) is 0 Å². The minimum atomic E-state index is 0.393. The summed E-state index contributed by atoms with van der Waals surface area (Å²) in [5.41, 5.74) is 2.54. The molecule has 1 rings (SSSR count). The van der Waals surface area contributed by atoms with Crippen LogP contribution in [-0.2, 0) is 0 Å². The molecule has 1 unspecified atom stereocenters. The third-order valence-corrected chi connectivity index (χ3v) is 3.30. The molecule has 0 fully saturated rings. The van der Waals surface area contributed by atoms with E-state index in [1.807, 2.05) is 6.92 Å². The Morgan fingerprint density at radius 1 is 1.36 bits per heavy atom. The van der Waals surface area contributed by atoms with Crippen molar-refractivity contribution in [3.05, 3.63) is 29.3 Å². The molecule has 0 spiro atoms. The van der Waals surface area contributed by atoms with Gasteiger partial charge in [-0.05, 0) is 26.3 Å². The predicted molar refractivity (Wildman–Crippen MR) is 64.3 cm³/mol. The van der Waals surface area contributed by atoms with E-state index in [4.69, 9.17) is 4.74 Å². The van der Waals surface area contributed by atoms with Gasteiger partial charge in [0.1, 0.15) is 5.75 Å². The normalized spacial score (nSPS) is 12.6. The lowest BCUT2D eigenvalue weighted by Crippen LogP contribution is -1.98. The molecule has 0 heterocycles. The van der Waals surface area contributed by atoms with E-state index in [-0.39, 0.29) is 0 Å². The average Bonchev–Trinajstić information content (AvgIpc) is 2.20. The quantitative estimate of drug-likeness (QED) is 0.733. The molecule has 78 valence electrons. The Bertz CT molecular complexity index is 296. The number of rotatable bonds is 4. The predicted octanol–water partition coefficient (Wildman–Crippen LogP) is 4.24. The summed E-state index contributed by atoms with van der Waals surface area (Å²) in [6.45, 7) is 7.00. The second-order valence-electron chi connectivity index (χ2n) is 3.35. The first kappa shape index (κ1) is 11.6. The topological polar surface area (TPSA) is 9.23 Å². The summed E-state index contributed by atoms with van der Waals surface area (Å²) in [6.07, 6.45) is 1.07. The molecule has 0 saturated carbocycles. The first-order valence-electron chi connectivity index (χ1n) is 5.06. The van der Waals surface area contributed by atoms with Crippen LogP contribution in [0.1, 0.15) is 36.2 Å². The molecule has 0 aliphatic carbocycles. The molecule has 0 saturated heterocycles. The van der Waals surface area contributed by atoms with Crippen LogP contribution < -0.4 is 4.74 Å². The number of hydrogen-bond acceptors (Lipinski definition) is 1. The Balaban J connectivity index is 3.02. The Labute approximate surface area is 94.6 Å². The van der Waals surface area contributed by atoms with Crippen molar-refractivity contribution in [2.45, 2.75) is 32.0 Å². The second-order valence-corrected chi connectivity index (χ2v) is 4.46. The second kappa shape index (κ2) is 5.40. The number of halogens is 1. The van der Waals surface area contributed by atoms with Crippen molar-refractivity contribution < 1.29 is 4.74 Å². The SMILES string of the molecule is CCOc1ccc(C)cc1C(Br)CC. The molecule has 0 N–H and O–H groups in total. The molecule has 1 aromatic rings. The molecule has 0 amide bonds. The van der Waals surface area contributed by atoms with E-state index < -0.39 is 0 Å². The monoisotopic (exact) mass is 256 g/mol. The lowest BCUT2D eigenvalue weighted by molar-refractivity contribution is 0.336. The highest BCUT2D eigenvalue weighted by Crippen LogP contribution is 2.34. The van der Waals surface area contributed by atoms with Crippen molar-refractivity contribution in [3.8, 4) is 5.75 Å². The summed E-state index contributed by atoms with van der Waals surface area (Å²) in [4.78, 5) is 0.393. The van der Waals surface area contributed by atoms with Crippen molar-refractivity contribution >= 4 is 15.9 Å². The van der Waals surface area contributed by atoms with E-state index in [1.165, 1.54) is 11.1 Å². The highest BCUT2D eigenvalue weighted by Gasteiger charge is 2.11. The standard InChI is InChI=1S/C12H17BrO/c1-4-11(13)10-8-9(3)6-7-12(10)14-5-2/h6-8,11H,4-5H2,1-3H3. The molecule has 0 aromatic heterocycles. The maximum atomic E-state index is 5.58. The van der Waals surface area contributed by atoms with E-state index in [0.717, 1.165) is 18.8 Å². The molecule has 1 aromatic carbocycles. The van der Waals surface area contributed by atoms with Gasteiger partial charge in [-0.25, -0.2) is 0 Å². The molecular weight excluding hydrogens is 240 g/mol. The van der Waals surface area contributed by atoms with E-state index in [0.29, 0.717) is 4.83 Å². The van der Waals surface area contributed by atoms with Crippen molar-refractivity contribution in [3.63, 3.8) is 0 Å². The Kier molecular flexibility index (Phi) is 4.46. The molecule has 0 radical (unpaired) electrons. The van der Waals surface area contributed by atoms with Gasteiger partial charge in [0.15, 0.2) is 0 Å². The fourth-order valence-corrected chi connectivity index (χ4v) is 1.78. The van der Waals surface area contributed by atoms with Crippen LogP contribution in [0.4, 0.5) is 0 Å². The van der Waals surface area contributed by atoms with Crippen molar-refractivity contribution in [1.82, 2.24) is 0 Å². The third-order valence-electron chi connectivity index (χ3n) is 2.16. The van der Waals surface area contributed by atoms with E-state index in [1.54, 1.807) is 0 Å². The average molecular weight is 257 g/mol. The molecule has 14 heavy (non-hydrogen) atoms. The summed E-state index contributed by atoms with van der Waals surface area (Å²) in [7, 11) is 0. The van der Waals surface area contributed by atoms with Crippen LogP contribution in [0.2, 0.25) is 0 Å². The van der Waals surface area contributed by atoms with E-state index >= 15 is 0 Å². The summed E-state index contributed by atoms with van der Waals surface area (Å²) < 4.78 is 5.58. The summed E-state index contributed by atoms with van der Waals surface area (Å²) in [5.74, 6) is 1.00. The van der Waals surface area contributed by atoms with Gasteiger partial charge >= 0.3 is 0 Å². The van der Waals surface area contributed by atoms with Gasteiger partial charge in [0.2, 0.25) is 0 Å². The number of ether oxygens (including phenoxy) is 1. The minimum Gasteiger partial charge on any atom is -0.494 e. The van der Waals surface area contributed by atoms with Crippen LogP contribution >= 0.6 is 15.9 Å². The Hall–Kier alpha value is -0.500. The van der Waals surface area contributed by atoms with Crippen molar-refractivity contribution in [2.24, 2.45) is 0 Å². The van der Waals surface area contributed by atoms with Gasteiger partial charge in [-0.1, -0.05) is 40.5 Å². The number of alkyl halides is 1. The Morgan fingerprint density at radius 2 is 2.07 bits per heavy atom. The summed E-state index contributed by atoms with van der Waals surface area (Å²) in [6, 6.07) is 6.33. The van der Waals surface area contributed by atoms with Gasteiger partial charge in [0.25, 0.3) is 0 Å². The zero-order chi connectivity index (χ0) is 10.6. The van der Waals surface area contributed by atoms with Crippen LogP contribution in [0.5, 0.6) is 5.75 Å². The molecule has 0 aliphatic rings. The summed E-state index contributed by atoms with van der Waals surface area (Å²) in [5, 5.41) is 0. The fourth-order valence-electron chi connectivity index (χ4n) is 1.42. The van der Waals surface area contributed by atoms with Gasteiger partial charge in [0.05, 0.1) is 6.61 Å². The van der Waals surface area contributed by atoms with Crippen LogP contribution in [-0.4, -0.2) is 6.61 Å². The third kappa shape index (κ3) is 2.74. The van der Waals surface area contributed by atoms with Crippen molar-refractivity contribution in [2.75, 3.05) is 6.61 Å². The molecule has 1 nitrogen and oxygen atoms in total. The molecule has 2 heteroatoms. The van der Waals surface area contributed by atoms with Crippen LogP contribution in [0.25, 0.3) is 0 Å². The maximum absolute atomic E-state index is 5.58. The molecule has 1 atom stereocenters. The minimum absolute atomic E-state index is 0.393. The van der Waals surface area contributed by atoms with Crippen LogP contribution in [0, 0.1) is 6.92 Å². The Morgan fingerprint density at radius 3 is 2.64 bits per heavy atom. The zero-order valence-electron chi connectivity index (χ0n) is 9.01. The lowest BCUT2D eigenvalue weighted by Gasteiger charge is -2.14. The van der Waals surface area contributed by atoms with Gasteiger partial charge < -0.3 is 4.74 Å². The van der Waals surface area contributed by atoms with Crippen LogP contribution in [0.15, 0.2) is 18.2 Å². The largest absolute Gasteiger partial charge is 0.494 e. The van der Waals surface area contributed by atoms with Gasteiger partial charge in [-0.15, -0.1) is 0 Å².